The number of nitrogens with two attached hydrogens (primary N) is 1. The van der Waals surface area contributed by atoms with Crippen LogP contribution in [-0.2, 0) is 9.53 Å². The van der Waals surface area contributed by atoms with Crippen LogP contribution < -0.4 is 16.4 Å². The number of carbonyl (C=O) groups excluding carboxylic acids is 3. The number of anilines is 1. The van der Waals surface area contributed by atoms with Gasteiger partial charge in [-0.3, -0.25) is 10.1 Å². The Morgan fingerprint density at radius 1 is 1.36 bits per heavy atom. The van der Waals surface area contributed by atoms with Gasteiger partial charge < -0.3 is 15.8 Å². The van der Waals surface area contributed by atoms with Crippen molar-refractivity contribution in [2.75, 3.05) is 11.9 Å². The molecule has 3 amide bonds. The Hall–Kier alpha value is -2.95. The molecule has 0 saturated heterocycles. The number of hydrogen-bond donors (Lipinski definition) is 3. The number of pyridine rings is 1. The molecular formula is C14H13BrN6O4. The molecule has 3 rings (SSSR count). The summed E-state index contributed by atoms with van der Waals surface area (Å²) in [4.78, 5) is 39.5. The standard InChI is InChI=1S/C14H13BrN6O4/c1-2-17-13(24)19-12-18-9-6-7(15)5-8(21(9)20-12)10(22)25-14(3-4-14)11(16)23/h3-6H,2H2,1H3,(H2,16,23)(H2,17,19,20,24). The normalized spacial score (nSPS) is 14.2. The summed E-state index contributed by atoms with van der Waals surface area (Å²) in [5.41, 5.74) is 4.03. The van der Waals surface area contributed by atoms with Crippen LogP contribution in [0.15, 0.2) is 28.8 Å². The van der Waals surface area contributed by atoms with Crippen LogP contribution >= 0.6 is 15.9 Å². The third-order valence-corrected chi connectivity index (χ3v) is 3.75. The van der Waals surface area contributed by atoms with E-state index in [1.54, 1.807) is 13.0 Å². The predicted octanol–water partition coefficient (Wildman–Crippen LogP) is 0.584. The number of nitrogens with zero attached hydrogens (tertiary/aromatic N) is 3. The first-order valence-electron chi connectivity index (χ1n) is 7.19. The van der Waals surface area contributed by atoms with E-state index in [9.17, 15) is 14.4 Å². The SMILES string of the molecule is CCNC(=O)Nc1nc2cc(Br)cc(C(=O)OC3(C(N)=O)C=C3)n2n1. The summed E-state index contributed by atoms with van der Waals surface area (Å²) in [5, 5.41) is 9.06. The van der Waals surface area contributed by atoms with Crippen molar-refractivity contribution in [3.05, 3.63) is 34.5 Å². The number of ether oxygens (including phenoxy) is 1. The van der Waals surface area contributed by atoms with E-state index in [1.165, 1.54) is 22.7 Å². The number of primary amides is 1. The highest BCUT2D eigenvalue weighted by molar-refractivity contribution is 9.10. The molecule has 130 valence electrons. The van der Waals surface area contributed by atoms with E-state index in [4.69, 9.17) is 10.5 Å². The van der Waals surface area contributed by atoms with Crippen LogP contribution in [0.5, 0.6) is 0 Å². The summed E-state index contributed by atoms with van der Waals surface area (Å²) >= 11 is 3.26. The lowest BCUT2D eigenvalue weighted by Crippen LogP contribution is -2.37. The largest absolute Gasteiger partial charge is 0.436 e. The highest BCUT2D eigenvalue weighted by atomic mass is 79.9. The zero-order valence-corrected chi connectivity index (χ0v) is 14.5. The molecule has 4 N–H and O–H groups in total. The van der Waals surface area contributed by atoms with Crippen molar-refractivity contribution in [1.82, 2.24) is 19.9 Å². The van der Waals surface area contributed by atoms with Gasteiger partial charge in [0.1, 0.15) is 0 Å². The van der Waals surface area contributed by atoms with Crippen molar-refractivity contribution in [1.29, 1.82) is 0 Å². The molecule has 0 spiro atoms. The molecular weight excluding hydrogens is 396 g/mol. The topological polar surface area (TPSA) is 141 Å². The fraction of sp³-hybridized carbons (Fsp3) is 0.214. The number of halogens is 1. The molecule has 0 bridgehead atoms. The van der Waals surface area contributed by atoms with E-state index in [2.05, 4.69) is 36.6 Å². The summed E-state index contributed by atoms with van der Waals surface area (Å²) < 4.78 is 6.90. The van der Waals surface area contributed by atoms with Crippen LogP contribution in [0, 0.1) is 0 Å². The minimum Gasteiger partial charge on any atom is -0.436 e. The monoisotopic (exact) mass is 408 g/mol. The highest BCUT2D eigenvalue weighted by Gasteiger charge is 2.45. The zero-order chi connectivity index (χ0) is 18.2. The maximum Gasteiger partial charge on any atom is 0.358 e. The smallest absolute Gasteiger partial charge is 0.358 e. The van der Waals surface area contributed by atoms with Gasteiger partial charge in [-0.15, -0.1) is 5.10 Å². The first-order valence-corrected chi connectivity index (χ1v) is 7.99. The summed E-state index contributed by atoms with van der Waals surface area (Å²) in [6.07, 6.45) is 2.76. The first-order chi connectivity index (χ1) is 11.8. The molecule has 2 aromatic rings. The zero-order valence-electron chi connectivity index (χ0n) is 12.9. The fourth-order valence-electron chi connectivity index (χ4n) is 2.02. The Bertz CT molecular complexity index is 915. The number of urea groups is 1. The number of esters is 1. The summed E-state index contributed by atoms with van der Waals surface area (Å²) in [6, 6.07) is 2.58. The van der Waals surface area contributed by atoms with Gasteiger partial charge in [0.05, 0.1) is 0 Å². The second-order valence-electron chi connectivity index (χ2n) is 5.13. The lowest BCUT2D eigenvalue weighted by atomic mass is 10.2. The van der Waals surface area contributed by atoms with Gasteiger partial charge in [0.25, 0.3) is 11.9 Å². The number of fused-ring (bicyclic) bond motifs is 1. The van der Waals surface area contributed by atoms with Crippen molar-refractivity contribution in [2.24, 2.45) is 5.73 Å². The number of hydrogen-bond acceptors (Lipinski definition) is 6. The Morgan fingerprint density at radius 3 is 2.68 bits per heavy atom. The molecule has 0 fully saturated rings. The van der Waals surface area contributed by atoms with E-state index in [1.807, 2.05) is 0 Å². The summed E-state index contributed by atoms with van der Waals surface area (Å²) in [5.74, 6) is -1.60. The summed E-state index contributed by atoms with van der Waals surface area (Å²) in [6.45, 7) is 2.20. The molecule has 0 unspecified atom stereocenters. The average Bonchev–Trinajstić information content (AvgIpc) is 3.20. The quantitative estimate of drug-likeness (QED) is 0.488. The number of amides is 3. The fourth-order valence-corrected chi connectivity index (χ4v) is 2.44. The number of aromatic nitrogens is 3. The molecule has 1 aliphatic rings. The third kappa shape index (κ3) is 3.31. The van der Waals surface area contributed by atoms with Crippen LogP contribution in [-0.4, -0.2) is 44.7 Å². The molecule has 0 saturated carbocycles. The molecule has 2 heterocycles. The molecule has 25 heavy (non-hydrogen) atoms. The van der Waals surface area contributed by atoms with Gasteiger partial charge >= 0.3 is 12.0 Å². The maximum absolute atomic E-state index is 12.4. The lowest BCUT2D eigenvalue weighted by molar-refractivity contribution is -0.127. The summed E-state index contributed by atoms with van der Waals surface area (Å²) in [7, 11) is 0. The van der Waals surface area contributed by atoms with Crippen LogP contribution in [0.2, 0.25) is 0 Å². The molecule has 0 radical (unpaired) electrons. The van der Waals surface area contributed by atoms with E-state index in [-0.39, 0.29) is 11.6 Å². The van der Waals surface area contributed by atoms with E-state index in [0.29, 0.717) is 16.7 Å². The van der Waals surface area contributed by atoms with Crippen molar-refractivity contribution in [2.45, 2.75) is 12.5 Å². The second kappa shape index (κ2) is 6.16. The minimum atomic E-state index is -1.49. The number of nitrogens with one attached hydrogen (secondary N) is 2. The Balaban J connectivity index is 1.92. The molecule has 0 atom stereocenters. The number of carbonyl (C=O) groups is 3. The Morgan fingerprint density at radius 2 is 2.08 bits per heavy atom. The molecule has 2 aromatic heterocycles. The van der Waals surface area contributed by atoms with E-state index < -0.39 is 23.5 Å². The minimum absolute atomic E-state index is 0.00672. The molecule has 11 heteroatoms. The van der Waals surface area contributed by atoms with Crippen LogP contribution in [0.1, 0.15) is 17.4 Å². The van der Waals surface area contributed by atoms with Crippen molar-refractivity contribution in [3.8, 4) is 0 Å². The van der Waals surface area contributed by atoms with Crippen LogP contribution in [0.4, 0.5) is 10.7 Å². The Labute approximate surface area is 149 Å². The lowest BCUT2D eigenvalue weighted by Gasteiger charge is -2.13. The van der Waals surface area contributed by atoms with Crippen molar-refractivity contribution < 1.29 is 19.1 Å². The van der Waals surface area contributed by atoms with E-state index >= 15 is 0 Å². The predicted molar refractivity (Wildman–Crippen MR) is 89.9 cm³/mol. The third-order valence-electron chi connectivity index (χ3n) is 3.29. The van der Waals surface area contributed by atoms with Gasteiger partial charge in [0.15, 0.2) is 11.3 Å². The average molecular weight is 409 g/mol. The van der Waals surface area contributed by atoms with E-state index in [0.717, 1.165) is 0 Å². The van der Waals surface area contributed by atoms with Gasteiger partial charge in [-0.25, -0.2) is 14.1 Å². The molecule has 0 aromatic carbocycles. The second-order valence-corrected chi connectivity index (χ2v) is 6.04. The van der Waals surface area contributed by atoms with Gasteiger partial charge in [0.2, 0.25) is 5.60 Å². The van der Waals surface area contributed by atoms with Crippen molar-refractivity contribution >= 4 is 45.4 Å². The highest BCUT2D eigenvalue weighted by Crippen LogP contribution is 2.29. The van der Waals surface area contributed by atoms with Gasteiger partial charge in [-0.05, 0) is 31.2 Å². The number of rotatable bonds is 5. The maximum atomic E-state index is 12.4. The first kappa shape index (κ1) is 16.9. The van der Waals surface area contributed by atoms with Crippen LogP contribution in [0.25, 0.3) is 5.65 Å². The van der Waals surface area contributed by atoms with Gasteiger partial charge in [-0.2, -0.15) is 4.98 Å². The van der Waals surface area contributed by atoms with Gasteiger partial charge in [-0.1, -0.05) is 15.9 Å². The van der Waals surface area contributed by atoms with Gasteiger partial charge in [0, 0.05) is 11.0 Å². The molecule has 1 aliphatic carbocycles. The van der Waals surface area contributed by atoms with Crippen molar-refractivity contribution in [3.63, 3.8) is 0 Å². The Kier molecular flexibility index (Phi) is 4.17. The van der Waals surface area contributed by atoms with Crippen LogP contribution in [0.3, 0.4) is 0 Å². The molecule has 0 aliphatic heterocycles. The molecule has 10 nitrogen and oxygen atoms in total.